The molecule has 2 atom stereocenters. The molecule has 19 heavy (non-hydrogen) atoms. The van der Waals surface area contributed by atoms with E-state index in [1.807, 2.05) is 12.1 Å². The van der Waals surface area contributed by atoms with E-state index in [-0.39, 0.29) is 11.7 Å². The largest absolute Gasteiger partial charge is 0.492 e. The SMILES string of the molecule is NC(COc1ccc2[nH]c(=O)[nH]c2c1)C1CCOC1. The Kier molecular flexibility index (Phi) is 3.27. The molecular weight excluding hydrogens is 246 g/mol. The summed E-state index contributed by atoms with van der Waals surface area (Å²) in [4.78, 5) is 16.5. The van der Waals surface area contributed by atoms with E-state index in [0.29, 0.717) is 24.9 Å². The lowest BCUT2D eigenvalue weighted by Crippen LogP contribution is -2.36. The van der Waals surface area contributed by atoms with E-state index < -0.39 is 0 Å². The number of hydrogen-bond donors (Lipinski definition) is 3. The van der Waals surface area contributed by atoms with Crippen molar-refractivity contribution in [3.63, 3.8) is 0 Å². The maximum absolute atomic E-state index is 11.2. The maximum Gasteiger partial charge on any atom is 0.323 e. The zero-order valence-electron chi connectivity index (χ0n) is 10.5. The maximum atomic E-state index is 11.2. The van der Waals surface area contributed by atoms with Crippen LogP contribution in [0.25, 0.3) is 11.0 Å². The number of H-pyrrole nitrogens is 2. The van der Waals surface area contributed by atoms with Crippen molar-refractivity contribution in [1.29, 1.82) is 0 Å². The van der Waals surface area contributed by atoms with Gasteiger partial charge in [-0.15, -0.1) is 0 Å². The van der Waals surface area contributed by atoms with E-state index in [2.05, 4.69) is 9.97 Å². The molecule has 2 heterocycles. The van der Waals surface area contributed by atoms with Crippen LogP contribution in [-0.2, 0) is 4.74 Å². The number of ether oxygens (including phenoxy) is 2. The van der Waals surface area contributed by atoms with Crippen LogP contribution in [0.5, 0.6) is 5.75 Å². The molecule has 3 rings (SSSR count). The lowest BCUT2D eigenvalue weighted by Gasteiger charge is -2.18. The van der Waals surface area contributed by atoms with Crippen molar-refractivity contribution in [1.82, 2.24) is 9.97 Å². The second-order valence-electron chi connectivity index (χ2n) is 4.89. The first-order valence-corrected chi connectivity index (χ1v) is 6.40. The van der Waals surface area contributed by atoms with Gasteiger partial charge < -0.3 is 25.2 Å². The number of aromatic amines is 2. The number of imidazole rings is 1. The van der Waals surface area contributed by atoms with Crippen molar-refractivity contribution < 1.29 is 9.47 Å². The van der Waals surface area contributed by atoms with E-state index in [9.17, 15) is 4.79 Å². The van der Waals surface area contributed by atoms with Crippen molar-refractivity contribution in [2.24, 2.45) is 11.7 Å². The zero-order chi connectivity index (χ0) is 13.2. The number of rotatable bonds is 4. The molecule has 0 aliphatic carbocycles. The predicted octanol–water partition coefficient (Wildman–Crippen LogP) is 0.599. The predicted molar refractivity (Wildman–Crippen MR) is 71.3 cm³/mol. The number of nitrogens with one attached hydrogen (secondary N) is 2. The molecule has 2 unspecified atom stereocenters. The Balaban J connectivity index is 1.65. The summed E-state index contributed by atoms with van der Waals surface area (Å²) in [6.45, 7) is 1.96. The monoisotopic (exact) mass is 263 g/mol. The highest BCUT2D eigenvalue weighted by Gasteiger charge is 2.23. The van der Waals surface area contributed by atoms with E-state index in [1.165, 1.54) is 0 Å². The summed E-state index contributed by atoms with van der Waals surface area (Å²) in [7, 11) is 0. The highest BCUT2D eigenvalue weighted by Crippen LogP contribution is 2.19. The van der Waals surface area contributed by atoms with Gasteiger partial charge in [-0.3, -0.25) is 0 Å². The summed E-state index contributed by atoms with van der Waals surface area (Å²) >= 11 is 0. The molecule has 6 heteroatoms. The van der Waals surface area contributed by atoms with Gasteiger partial charge in [0.05, 0.1) is 17.6 Å². The van der Waals surface area contributed by atoms with Crippen LogP contribution < -0.4 is 16.2 Å². The fraction of sp³-hybridized carbons (Fsp3) is 0.462. The molecule has 6 nitrogen and oxygen atoms in total. The number of benzene rings is 1. The average Bonchev–Trinajstić information content (AvgIpc) is 3.03. The van der Waals surface area contributed by atoms with Crippen LogP contribution in [0.1, 0.15) is 6.42 Å². The topological polar surface area (TPSA) is 93.1 Å². The molecule has 1 aromatic heterocycles. The second kappa shape index (κ2) is 5.07. The van der Waals surface area contributed by atoms with E-state index in [1.54, 1.807) is 6.07 Å². The van der Waals surface area contributed by atoms with Crippen LogP contribution in [0.15, 0.2) is 23.0 Å². The van der Waals surface area contributed by atoms with Crippen molar-refractivity contribution in [3.8, 4) is 5.75 Å². The minimum Gasteiger partial charge on any atom is -0.492 e. The van der Waals surface area contributed by atoms with E-state index in [4.69, 9.17) is 15.2 Å². The Morgan fingerprint density at radius 1 is 1.42 bits per heavy atom. The Morgan fingerprint density at radius 3 is 3.05 bits per heavy atom. The number of hydrogen-bond acceptors (Lipinski definition) is 4. The molecule has 1 fully saturated rings. The molecule has 1 saturated heterocycles. The summed E-state index contributed by atoms with van der Waals surface area (Å²) in [6, 6.07) is 5.41. The third-order valence-corrected chi connectivity index (χ3v) is 3.50. The Bertz CT molecular complexity index is 613. The lowest BCUT2D eigenvalue weighted by atomic mass is 10.0. The molecule has 0 bridgehead atoms. The normalized spacial score (nSPS) is 20.8. The smallest absolute Gasteiger partial charge is 0.323 e. The molecule has 102 valence electrons. The van der Waals surface area contributed by atoms with E-state index >= 15 is 0 Å². The van der Waals surface area contributed by atoms with Crippen LogP contribution >= 0.6 is 0 Å². The first-order chi connectivity index (χ1) is 9.22. The molecule has 0 spiro atoms. The molecule has 0 amide bonds. The number of nitrogens with two attached hydrogens (primary N) is 1. The molecular formula is C13H17N3O3. The van der Waals surface area contributed by atoms with Gasteiger partial charge in [-0.2, -0.15) is 0 Å². The fourth-order valence-corrected chi connectivity index (χ4v) is 2.32. The van der Waals surface area contributed by atoms with Gasteiger partial charge in [-0.25, -0.2) is 4.79 Å². The van der Waals surface area contributed by atoms with Crippen LogP contribution in [0.3, 0.4) is 0 Å². The summed E-state index contributed by atoms with van der Waals surface area (Å²) in [5.41, 5.74) is 7.36. The zero-order valence-corrected chi connectivity index (χ0v) is 10.5. The minimum atomic E-state index is -0.216. The van der Waals surface area contributed by atoms with Crippen molar-refractivity contribution in [2.75, 3.05) is 19.8 Å². The summed E-state index contributed by atoms with van der Waals surface area (Å²) in [6.07, 6.45) is 0.995. The van der Waals surface area contributed by atoms with Gasteiger partial charge in [0.2, 0.25) is 0 Å². The first kappa shape index (κ1) is 12.3. The molecule has 1 aliphatic rings. The van der Waals surface area contributed by atoms with Gasteiger partial charge in [0.1, 0.15) is 12.4 Å². The van der Waals surface area contributed by atoms with Gasteiger partial charge in [-0.05, 0) is 18.6 Å². The molecule has 4 N–H and O–H groups in total. The van der Waals surface area contributed by atoms with Gasteiger partial charge in [0, 0.05) is 24.6 Å². The molecule has 1 aliphatic heterocycles. The molecule has 0 radical (unpaired) electrons. The van der Waals surface area contributed by atoms with Crippen molar-refractivity contribution in [3.05, 3.63) is 28.7 Å². The quantitative estimate of drug-likeness (QED) is 0.753. The van der Waals surface area contributed by atoms with Crippen LogP contribution in [-0.4, -0.2) is 35.8 Å². The highest BCUT2D eigenvalue weighted by molar-refractivity contribution is 5.75. The van der Waals surface area contributed by atoms with Gasteiger partial charge in [0.25, 0.3) is 0 Å². The molecule has 0 saturated carbocycles. The average molecular weight is 263 g/mol. The third kappa shape index (κ3) is 2.64. The molecule has 2 aromatic rings. The second-order valence-corrected chi connectivity index (χ2v) is 4.89. The van der Waals surface area contributed by atoms with Gasteiger partial charge >= 0.3 is 5.69 Å². The summed E-state index contributed by atoms with van der Waals surface area (Å²) in [5, 5.41) is 0. The van der Waals surface area contributed by atoms with Crippen molar-refractivity contribution >= 4 is 11.0 Å². The Morgan fingerprint density at radius 2 is 2.26 bits per heavy atom. The number of fused-ring (bicyclic) bond motifs is 1. The Labute approximate surface area is 109 Å². The Hall–Kier alpha value is -1.79. The minimum absolute atomic E-state index is 0.0246. The fourth-order valence-electron chi connectivity index (χ4n) is 2.32. The summed E-state index contributed by atoms with van der Waals surface area (Å²) < 4.78 is 11.0. The molecule has 1 aromatic carbocycles. The van der Waals surface area contributed by atoms with Crippen LogP contribution in [0.4, 0.5) is 0 Å². The van der Waals surface area contributed by atoms with Gasteiger partial charge in [0.15, 0.2) is 0 Å². The third-order valence-electron chi connectivity index (χ3n) is 3.50. The van der Waals surface area contributed by atoms with Gasteiger partial charge in [-0.1, -0.05) is 0 Å². The lowest BCUT2D eigenvalue weighted by molar-refractivity contribution is 0.170. The van der Waals surface area contributed by atoms with Crippen molar-refractivity contribution in [2.45, 2.75) is 12.5 Å². The summed E-state index contributed by atoms with van der Waals surface area (Å²) in [5.74, 6) is 1.08. The standard InChI is InChI=1S/C13H17N3O3/c14-10(8-3-4-18-6-8)7-19-9-1-2-11-12(5-9)16-13(17)15-11/h1-2,5,8,10H,3-4,6-7,14H2,(H2,15,16,17). The first-order valence-electron chi connectivity index (χ1n) is 6.40. The number of aromatic nitrogens is 2. The highest BCUT2D eigenvalue weighted by atomic mass is 16.5. The van der Waals surface area contributed by atoms with Crippen LogP contribution in [0.2, 0.25) is 0 Å². The van der Waals surface area contributed by atoms with E-state index in [0.717, 1.165) is 24.1 Å². The van der Waals surface area contributed by atoms with Crippen LogP contribution in [0, 0.1) is 5.92 Å².